The molecule has 2 saturated heterocycles. The van der Waals surface area contributed by atoms with E-state index >= 15 is 0 Å². The number of fused-ring (bicyclic) bond motifs is 4. The topological polar surface area (TPSA) is 97.4 Å². The molecule has 3 heterocycles. The van der Waals surface area contributed by atoms with Crippen molar-refractivity contribution in [2.24, 2.45) is 11.8 Å². The van der Waals surface area contributed by atoms with Gasteiger partial charge in [-0.2, -0.15) is 0 Å². The Balaban J connectivity index is 1.80. The Morgan fingerprint density at radius 2 is 1.62 bits per heavy atom. The first-order chi connectivity index (χ1) is 20.1. The highest BCUT2D eigenvalue weighted by molar-refractivity contribution is 5.82. The number of rotatable bonds is 6. The largest absolute Gasteiger partial charge is 0.469 e. The number of allylic oxidation sites excluding steroid dienone is 5. The van der Waals surface area contributed by atoms with Gasteiger partial charge in [0.15, 0.2) is 0 Å². The van der Waals surface area contributed by atoms with E-state index in [9.17, 15) is 14.4 Å². The summed E-state index contributed by atoms with van der Waals surface area (Å²) in [7, 11) is 2.74. The van der Waals surface area contributed by atoms with Crippen molar-refractivity contribution < 1.29 is 38.1 Å². The second kappa shape index (κ2) is 17.2. The smallest absolute Gasteiger partial charge is 0.330 e. The van der Waals surface area contributed by atoms with Crippen molar-refractivity contribution in [2.45, 2.75) is 109 Å². The Morgan fingerprint density at radius 3 is 2.36 bits per heavy atom. The molecule has 7 atom stereocenters. The number of hydrogen-bond acceptors (Lipinski definition) is 8. The number of esters is 3. The molecule has 8 heteroatoms. The fourth-order valence-corrected chi connectivity index (χ4v) is 5.75. The van der Waals surface area contributed by atoms with Gasteiger partial charge in [0.1, 0.15) is 6.10 Å². The van der Waals surface area contributed by atoms with Crippen molar-refractivity contribution in [3.8, 4) is 0 Å². The second-order valence-electron chi connectivity index (χ2n) is 11.8. The zero-order valence-electron chi connectivity index (χ0n) is 25.8. The normalized spacial score (nSPS) is 32.6. The number of hydrogen-bond donors (Lipinski definition) is 0. The second-order valence-corrected chi connectivity index (χ2v) is 11.8. The van der Waals surface area contributed by atoms with E-state index in [0.29, 0.717) is 18.8 Å². The average molecular weight is 585 g/mol. The van der Waals surface area contributed by atoms with Gasteiger partial charge in [-0.15, -0.1) is 0 Å². The van der Waals surface area contributed by atoms with E-state index in [4.69, 9.17) is 23.7 Å². The predicted molar refractivity (Wildman–Crippen MR) is 160 cm³/mol. The van der Waals surface area contributed by atoms with Gasteiger partial charge in [0.05, 0.1) is 51.5 Å². The van der Waals surface area contributed by atoms with Gasteiger partial charge in [0.2, 0.25) is 0 Å². The number of carbonyl (C=O) groups is 3. The first-order valence-electron chi connectivity index (χ1n) is 15.2. The van der Waals surface area contributed by atoms with E-state index in [2.05, 4.69) is 19.1 Å². The number of carbonyl (C=O) groups excluding carboxylic acids is 3. The van der Waals surface area contributed by atoms with Crippen LogP contribution in [0, 0.1) is 11.8 Å². The molecule has 3 rings (SSSR count). The van der Waals surface area contributed by atoms with Gasteiger partial charge in [-0.3, -0.25) is 9.59 Å². The third-order valence-corrected chi connectivity index (χ3v) is 7.96. The quantitative estimate of drug-likeness (QED) is 0.121. The van der Waals surface area contributed by atoms with Crippen LogP contribution in [-0.2, 0) is 38.1 Å². The van der Waals surface area contributed by atoms with Crippen molar-refractivity contribution in [3.63, 3.8) is 0 Å². The summed E-state index contributed by atoms with van der Waals surface area (Å²) in [5.41, 5.74) is 1.80. The summed E-state index contributed by atoms with van der Waals surface area (Å²) in [6.07, 6.45) is 20.7. The van der Waals surface area contributed by atoms with Crippen LogP contribution in [0.15, 0.2) is 59.8 Å². The minimum absolute atomic E-state index is 0.0552. The maximum atomic E-state index is 13.2. The first kappa shape index (κ1) is 33.5. The average Bonchev–Trinajstić information content (AvgIpc) is 2.94. The van der Waals surface area contributed by atoms with Crippen LogP contribution in [0.3, 0.4) is 0 Å². The SMILES string of the molecule is COC(=O)C=C1CC2CC(=O)OC(C=CC=CC=C(C)CC(=O)OC)C(C)C=CC(C)CC3CCCC(CC(C1)O2)O3. The van der Waals surface area contributed by atoms with E-state index in [-0.39, 0.29) is 49.0 Å². The summed E-state index contributed by atoms with van der Waals surface area (Å²) in [6, 6.07) is 0. The van der Waals surface area contributed by atoms with Gasteiger partial charge in [0.25, 0.3) is 0 Å². The number of cyclic esters (lactones) is 1. The van der Waals surface area contributed by atoms with Crippen LogP contribution >= 0.6 is 0 Å². The fraction of sp³-hybridized carbons (Fsp3) is 0.618. The molecule has 0 aromatic carbocycles. The van der Waals surface area contributed by atoms with E-state index in [0.717, 1.165) is 43.3 Å². The van der Waals surface area contributed by atoms with Crippen molar-refractivity contribution in [2.75, 3.05) is 14.2 Å². The van der Waals surface area contributed by atoms with Crippen LogP contribution in [0.2, 0.25) is 0 Å². The highest BCUT2D eigenvalue weighted by atomic mass is 16.6. The molecule has 2 fully saturated rings. The van der Waals surface area contributed by atoms with Crippen LogP contribution in [0.25, 0.3) is 0 Å². The highest BCUT2D eigenvalue weighted by Crippen LogP contribution is 2.33. The minimum atomic E-state index is -0.474. The molecule has 0 amide bonds. The zero-order valence-corrected chi connectivity index (χ0v) is 25.8. The summed E-state index contributed by atoms with van der Waals surface area (Å²) in [5.74, 6) is -0.764. The van der Waals surface area contributed by atoms with Crippen molar-refractivity contribution in [1.29, 1.82) is 0 Å². The summed E-state index contributed by atoms with van der Waals surface area (Å²) in [5, 5.41) is 0. The monoisotopic (exact) mass is 584 g/mol. The molecule has 0 spiro atoms. The molecule has 4 bridgehead atoms. The number of ether oxygens (including phenoxy) is 5. The lowest BCUT2D eigenvalue weighted by molar-refractivity contribution is -0.154. The summed E-state index contributed by atoms with van der Waals surface area (Å²) in [6.45, 7) is 6.10. The Kier molecular flexibility index (Phi) is 13.7. The standard InChI is InChI=1S/C34H48O8/c1-23(17-32(35)38-4)10-7-6-8-13-31-25(3)15-14-24(2)16-27-11-9-12-28(40-27)21-29-18-26(20-33(36)39-5)19-30(41-29)22-34(37)42-31/h6-8,10,13-15,20,24-25,27-31H,9,11-12,16-19,21-22H2,1-5H3. The van der Waals surface area contributed by atoms with Gasteiger partial charge in [-0.25, -0.2) is 4.79 Å². The molecule has 0 aromatic heterocycles. The highest BCUT2D eigenvalue weighted by Gasteiger charge is 2.33. The summed E-state index contributed by atoms with van der Waals surface area (Å²) >= 11 is 0. The molecule has 42 heavy (non-hydrogen) atoms. The number of methoxy groups -OCH3 is 2. The van der Waals surface area contributed by atoms with Crippen LogP contribution in [0.5, 0.6) is 0 Å². The molecule has 232 valence electrons. The van der Waals surface area contributed by atoms with Gasteiger partial charge in [0, 0.05) is 18.4 Å². The van der Waals surface area contributed by atoms with Crippen molar-refractivity contribution >= 4 is 17.9 Å². The van der Waals surface area contributed by atoms with Gasteiger partial charge in [-0.05, 0) is 57.4 Å². The Hall–Kier alpha value is -2.97. The molecule has 3 aliphatic rings. The van der Waals surface area contributed by atoms with Crippen molar-refractivity contribution in [3.05, 3.63) is 59.8 Å². The molecule has 7 unspecified atom stereocenters. The zero-order chi connectivity index (χ0) is 30.5. The van der Waals surface area contributed by atoms with Gasteiger partial charge in [-0.1, -0.05) is 61.4 Å². The third kappa shape index (κ3) is 11.7. The predicted octanol–water partition coefficient (Wildman–Crippen LogP) is 6.12. The minimum Gasteiger partial charge on any atom is -0.469 e. The molecule has 0 N–H and O–H groups in total. The lowest BCUT2D eigenvalue weighted by atomic mass is 9.89. The maximum Gasteiger partial charge on any atom is 0.330 e. The Labute approximate surface area is 250 Å². The van der Waals surface area contributed by atoms with Gasteiger partial charge >= 0.3 is 17.9 Å². The molecule has 0 radical (unpaired) electrons. The van der Waals surface area contributed by atoms with E-state index in [1.807, 2.05) is 44.2 Å². The van der Waals surface area contributed by atoms with Crippen molar-refractivity contribution in [1.82, 2.24) is 0 Å². The fourth-order valence-electron chi connectivity index (χ4n) is 5.75. The molecule has 8 nitrogen and oxygen atoms in total. The van der Waals surface area contributed by atoms with Crippen LogP contribution in [-0.4, -0.2) is 62.6 Å². The van der Waals surface area contributed by atoms with Crippen LogP contribution in [0.4, 0.5) is 0 Å². The van der Waals surface area contributed by atoms with Crippen LogP contribution < -0.4 is 0 Å². The Morgan fingerprint density at radius 1 is 0.905 bits per heavy atom. The summed E-state index contributed by atoms with van der Waals surface area (Å²) < 4.78 is 28.5. The Bertz CT molecular complexity index is 1070. The lowest BCUT2D eigenvalue weighted by Gasteiger charge is -2.37. The first-order valence-corrected chi connectivity index (χ1v) is 15.2. The molecule has 0 saturated carbocycles. The van der Waals surface area contributed by atoms with E-state index in [1.165, 1.54) is 20.3 Å². The molecule has 0 aromatic rings. The summed E-state index contributed by atoms with van der Waals surface area (Å²) in [4.78, 5) is 36.7. The van der Waals surface area contributed by atoms with Gasteiger partial charge < -0.3 is 23.7 Å². The van der Waals surface area contributed by atoms with E-state index < -0.39 is 18.2 Å². The van der Waals surface area contributed by atoms with E-state index in [1.54, 1.807) is 0 Å². The molecule has 3 aliphatic heterocycles. The molecule has 0 aliphatic carbocycles. The van der Waals surface area contributed by atoms with Crippen LogP contribution in [0.1, 0.15) is 78.6 Å². The molecular formula is C34H48O8. The maximum absolute atomic E-state index is 13.2. The molecular weight excluding hydrogens is 536 g/mol. The lowest BCUT2D eigenvalue weighted by Crippen LogP contribution is -2.37. The third-order valence-electron chi connectivity index (χ3n) is 7.96.